The number of alkyl halides is 3. The molecule has 0 aliphatic carbocycles. The molecule has 1 N–H and O–H groups in total. The van der Waals surface area contributed by atoms with Gasteiger partial charge in [-0.25, -0.2) is 4.68 Å². The molecule has 0 amide bonds. The summed E-state index contributed by atoms with van der Waals surface area (Å²) < 4.78 is 40.1. The van der Waals surface area contributed by atoms with Crippen molar-refractivity contribution in [1.29, 1.82) is 0 Å². The minimum atomic E-state index is -4.41. The topological polar surface area (TPSA) is 42.7 Å². The van der Waals surface area contributed by atoms with E-state index in [0.29, 0.717) is 18.7 Å². The predicted octanol–water partition coefficient (Wildman–Crippen LogP) is 2.05. The standard InChI is InChI=1S/C12H13F3N4/c1-16-7-6-9-8-17-18-19(9)11-5-3-2-4-10(11)12(13,14)15/h2-5,8,16H,6-7H2,1H3. The van der Waals surface area contributed by atoms with E-state index >= 15 is 0 Å². The van der Waals surface area contributed by atoms with E-state index in [4.69, 9.17) is 0 Å². The molecule has 0 spiro atoms. The molecule has 1 heterocycles. The van der Waals surface area contributed by atoms with Crippen molar-refractivity contribution in [3.8, 4) is 5.69 Å². The average molecular weight is 270 g/mol. The molecule has 0 aliphatic rings. The van der Waals surface area contributed by atoms with Gasteiger partial charge in [0.1, 0.15) is 0 Å². The molecule has 2 rings (SSSR count). The van der Waals surface area contributed by atoms with Gasteiger partial charge in [-0.1, -0.05) is 17.3 Å². The van der Waals surface area contributed by atoms with Crippen LogP contribution in [-0.4, -0.2) is 28.6 Å². The van der Waals surface area contributed by atoms with Crippen molar-refractivity contribution in [1.82, 2.24) is 20.3 Å². The largest absolute Gasteiger partial charge is 0.418 e. The van der Waals surface area contributed by atoms with E-state index in [-0.39, 0.29) is 5.69 Å². The number of benzene rings is 1. The Morgan fingerprint density at radius 3 is 2.68 bits per heavy atom. The Morgan fingerprint density at radius 1 is 1.26 bits per heavy atom. The number of hydrogen-bond donors (Lipinski definition) is 1. The molecular formula is C12H13F3N4. The summed E-state index contributed by atoms with van der Waals surface area (Å²) in [5.74, 6) is 0. The van der Waals surface area contributed by atoms with Crippen LogP contribution in [0.2, 0.25) is 0 Å². The zero-order valence-electron chi connectivity index (χ0n) is 10.3. The summed E-state index contributed by atoms with van der Waals surface area (Å²) in [7, 11) is 1.78. The van der Waals surface area contributed by atoms with E-state index in [1.54, 1.807) is 13.1 Å². The van der Waals surface area contributed by atoms with Gasteiger partial charge in [-0.05, 0) is 19.2 Å². The molecule has 0 radical (unpaired) electrons. The minimum Gasteiger partial charge on any atom is -0.319 e. The summed E-state index contributed by atoms with van der Waals surface area (Å²) in [5.41, 5.74) is -0.0872. The Hall–Kier alpha value is -1.89. The molecule has 19 heavy (non-hydrogen) atoms. The van der Waals surface area contributed by atoms with Crippen molar-refractivity contribution < 1.29 is 13.2 Å². The van der Waals surface area contributed by atoms with Crippen molar-refractivity contribution in [2.45, 2.75) is 12.6 Å². The number of nitrogens with zero attached hydrogens (tertiary/aromatic N) is 3. The second kappa shape index (κ2) is 5.40. The highest BCUT2D eigenvalue weighted by Crippen LogP contribution is 2.33. The first-order valence-electron chi connectivity index (χ1n) is 5.75. The third kappa shape index (κ3) is 2.93. The van der Waals surface area contributed by atoms with E-state index in [9.17, 15) is 13.2 Å². The van der Waals surface area contributed by atoms with Crippen LogP contribution in [0.3, 0.4) is 0 Å². The smallest absolute Gasteiger partial charge is 0.319 e. The summed E-state index contributed by atoms with van der Waals surface area (Å²) in [4.78, 5) is 0. The first-order chi connectivity index (χ1) is 9.04. The van der Waals surface area contributed by atoms with Crippen LogP contribution in [0.15, 0.2) is 30.5 Å². The molecule has 0 saturated carbocycles. The van der Waals surface area contributed by atoms with E-state index in [2.05, 4.69) is 15.6 Å². The van der Waals surface area contributed by atoms with Crippen molar-refractivity contribution >= 4 is 0 Å². The van der Waals surface area contributed by atoms with Gasteiger partial charge in [-0.15, -0.1) is 5.10 Å². The van der Waals surface area contributed by atoms with Crippen LogP contribution < -0.4 is 5.32 Å². The van der Waals surface area contributed by atoms with Gasteiger partial charge >= 0.3 is 6.18 Å². The summed E-state index contributed by atoms with van der Waals surface area (Å²) >= 11 is 0. The molecule has 0 atom stereocenters. The van der Waals surface area contributed by atoms with Crippen molar-refractivity contribution in [2.75, 3.05) is 13.6 Å². The third-order valence-corrected chi connectivity index (χ3v) is 2.69. The Kier molecular flexibility index (Phi) is 3.84. The molecule has 7 heteroatoms. The molecule has 1 aromatic carbocycles. The molecule has 2 aromatic rings. The second-order valence-corrected chi connectivity index (χ2v) is 4.01. The van der Waals surface area contributed by atoms with Gasteiger partial charge in [0.15, 0.2) is 0 Å². The molecule has 0 saturated heterocycles. The van der Waals surface area contributed by atoms with E-state index in [1.165, 1.54) is 23.0 Å². The normalized spacial score (nSPS) is 11.8. The predicted molar refractivity (Wildman–Crippen MR) is 64.0 cm³/mol. The highest BCUT2D eigenvalue weighted by Gasteiger charge is 2.34. The summed E-state index contributed by atoms with van der Waals surface area (Å²) in [6, 6.07) is 5.34. The fraction of sp³-hybridized carbons (Fsp3) is 0.333. The van der Waals surface area contributed by atoms with Gasteiger partial charge in [0.05, 0.1) is 23.1 Å². The zero-order valence-corrected chi connectivity index (χ0v) is 10.3. The van der Waals surface area contributed by atoms with Crippen molar-refractivity contribution in [3.05, 3.63) is 41.7 Å². The quantitative estimate of drug-likeness (QED) is 0.924. The average Bonchev–Trinajstić information content (AvgIpc) is 2.83. The fourth-order valence-electron chi connectivity index (χ4n) is 1.78. The number of hydrogen-bond acceptors (Lipinski definition) is 3. The first-order valence-corrected chi connectivity index (χ1v) is 5.75. The number of para-hydroxylation sites is 1. The van der Waals surface area contributed by atoms with Crippen LogP contribution in [0.5, 0.6) is 0 Å². The van der Waals surface area contributed by atoms with Gasteiger partial charge in [-0.3, -0.25) is 0 Å². The maximum absolute atomic E-state index is 13.0. The molecule has 0 unspecified atom stereocenters. The molecule has 1 aromatic heterocycles. The lowest BCUT2D eigenvalue weighted by Crippen LogP contribution is -2.16. The van der Waals surface area contributed by atoms with Crippen molar-refractivity contribution in [3.63, 3.8) is 0 Å². The number of likely N-dealkylation sites (N-methyl/N-ethyl adjacent to an activating group) is 1. The van der Waals surface area contributed by atoms with Crippen LogP contribution in [0.1, 0.15) is 11.3 Å². The Labute approximate surface area is 108 Å². The van der Waals surface area contributed by atoms with E-state index in [0.717, 1.165) is 6.07 Å². The molecular weight excluding hydrogens is 257 g/mol. The number of halogens is 3. The lowest BCUT2D eigenvalue weighted by Gasteiger charge is -2.13. The maximum Gasteiger partial charge on any atom is 0.418 e. The van der Waals surface area contributed by atoms with Crippen LogP contribution in [0.25, 0.3) is 5.69 Å². The SMILES string of the molecule is CNCCc1cnnn1-c1ccccc1C(F)(F)F. The zero-order chi connectivity index (χ0) is 13.9. The fourth-order valence-corrected chi connectivity index (χ4v) is 1.78. The number of rotatable bonds is 4. The van der Waals surface area contributed by atoms with Crippen LogP contribution in [0, 0.1) is 0 Å². The number of nitrogens with one attached hydrogen (secondary N) is 1. The van der Waals surface area contributed by atoms with E-state index in [1.807, 2.05) is 0 Å². The number of aromatic nitrogens is 3. The maximum atomic E-state index is 13.0. The van der Waals surface area contributed by atoms with Gasteiger partial charge in [-0.2, -0.15) is 13.2 Å². The van der Waals surface area contributed by atoms with Gasteiger partial charge < -0.3 is 5.32 Å². The first kappa shape index (κ1) is 13.5. The lowest BCUT2D eigenvalue weighted by atomic mass is 10.1. The van der Waals surface area contributed by atoms with Gasteiger partial charge in [0, 0.05) is 13.0 Å². The van der Waals surface area contributed by atoms with Crippen LogP contribution >= 0.6 is 0 Å². The van der Waals surface area contributed by atoms with Gasteiger partial charge in [0.2, 0.25) is 0 Å². The summed E-state index contributed by atoms with van der Waals surface area (Å²) in [5, 5.41) is 10.4. The summed E-state index contributed by atoms with van der Waals surface area (Å²) in [6.07, 6.45) is -2.39. The Bertz CT molecular complexity index is 548. The van der Waals surface area contributed by atoms with Crippen LogP contribution in [0.4, 0.5) is 13.2 Å². The molecule has 102 valence electrons. The molecule has 0 aliphatic heterocycles. The molecule has 0 bridgehead atoms. The Balaban J connectivity index is 2.45. The van der Waals surface area contributed by atoms with Crippen molar-refractivity contribution in [2.24, 2.45) is 0 Å². The molecule has 4 nitrogen and oxygen atoms in total. The lowest BCUT2D eigenvalue weighted by molar-refractivity contribution is -0.137. The minimum absolute atomic E-state index is 0.00129. The third-order valence-electron chi connectivity index (χ3n) is 2.69. The monoisotopic (exact) mass is 270 g/mol. The highest BCUT2D eigenvalue weighted by atomic mass is 19.4. The highest BCUT2D eigenvalue weighted by molar-refractivity contribution is 5.43. The Morgan fingerprint density at radius 2 is 2.00 bits per heavy atom. The second-order valence-electron chi connectivity index (χ2n) is 4.01. The molecule has 0 fully saturated rings. The van der Waals surface area contributed by atoms with Gasteiger partial charge in [0.25, 0.3) is 0 Å². The summed E-state index contributed by atoms with van der Waals surface area (Å²) in [6.45, 7) is 0.640. The van der Waals surface area contributed by atoms with Crippen LogP contribution in [-0.2, 0) is 12.6 Å². The van der Waals surface area contributed by atoms with E-state index < -0.39 is 11.7 Å².